The van der Waals surface area contributed by atoms with E-state index < -0.39 is 35.7 Å². The lowest BCUT2D eigenvalue weighted by molar-refractivity contribution is -0.171. The number of hydrogen-bond donors (Lipinski definition) is 3. The van der Waals surface area contributed by atoms with Gasteiger partial charge in [0.05, 0.1) is 18.6 Å². The second kappa shape index (κ2) is 14.5. The molecule has 0 radical (unpaired) electrons. The number of hydrogen-bond acceptors (Lipinski definition) is 9. The van der Waals surface area contributed by atoms with E-state index in [1.54, 1.807) is 13.8 Å². The zero-order valence-corrected chi connectivity index (χ0v) is 22.0. The van der Waals surface area contributed by atoms with E-state index in [1.807, 2.05) is 20.8 Å². The number of carboxylic acid groups (broad SMARTS) is 1. The molecule has 10 heteroatoms. The minimum absolute atomic E-state index is 0.00422. The van der Waals surface area contributed by atoms with Crippen LogP contribution in [0.15, 0.2) is 36.5 Å². The van der Waals surface area contributed by atoms with Gasteiger partial charge in [-0.2, -0.15) is 0 Å². The summed E-state index contributed by atoms with van der Waals surface area (Å²) in [7, 11) is 0. The van der Waals surface area contributed by atoms with Crippen molar-refractivity contribution >= 4 is 23.9 Å². The van der Waals surface area contributed by atoms with Gasteiger partial charge in [0, 0.05) is 22.6 Å². The van der Waals surface area contributed by atoms with Crippen LogP contribution in [0.3, 0.4) is 0 Å². The monoisotopic (exact) mass is 512 g/mol. The van der Waals surface area contributed by atoms with E-state index in [2.05, 4.69) is 24.5 Å². The third-order valence-corrected chi connectivity index (χ3v) is 5.23. The molecule has 2 fully saturated rings. The maximum atomic E-state index is 12.3. The van der Waals surface area contributed by atoms with Gasteiger partial charge in [0.25, 0.3) is 0 Å². The van der Waals surface area contributed by atoms with E-state index in [-0.39, 0.29) is 42.5 Å². The molecule has 2 bridgehead atoms. The lowest BCUT2D eigenvalue weighted by Crippen LogP contribution is -2.43. The predicted molar refractivity (Wildman–Crippen MR) is 132 cm³/mol. The first-order valence-electron chi connectivity index (χ1n) is 11.5. The highest BCUT2D eigenvalue weighted by Gasteiger charge is 2.57. The van der Waals surface area contributed by atoms with Crippen molar-refractivity contribution in [1.82, 2.24) is 0 Å². The van der Waals surface area contributed by atoms with Crippen molar-refractivity contribution in [2.45, 2.75) is 72.2 Å². The molecule has 0 aliphatic heterocycles. The summed E-state index contributed by atoms with van der Waals surface area (Å²) >= 11 is 0. The number of ether oxygens (including phenoxy) is 3. The number of rotatable bonds is 7. The molecular weight excluding hydrogens is 472 g/mol. The second-order valence-corrected chi connectivity index (χ2v) is 9.90. The summed E-state index contributed by atoms with van der Waals surface area (Å²) in [5.74, 6) is -2.65. The number of carboxylic acids is 1. The molecule has 2 aliphatic rings. The predicted octanol–water partition coefficient (Wildman–Crippen LogP) is 2.58. The van der Waals surface area contributed by atoms with Crippen LogP contribution >= 0.6 is 0 Å². The molecule has 0 saturated heterocycles. The first kappa shape index (κ1) is 33.0. The standard InChI is InChI=1S/C16H24O5.C6H10O3.C4H6O2/c1-8(2)14(18)20-13-10-6-9(12(13)17)7-11(10)15(19)21-16(3,4)5;1-5(2)6(8)9-4-3-7;1-3(2)4(5)6/h9-13,17H,1,6-7H2,2-5H3;7H,1,3-4H2,2H3;1H2,2H3,(H,5,6). The molecule has 2 aliphatic carbocycles. The molecule has 3 N–H and O–H groups in total. The molecule has 0 spiro atoms. The van der Waals surface area contributed by atoms with Crippen molar-refractivity contribution in [3.8, 4) is 0 Å². The van der Waals surface area contributed by atoms with Gasteiger partial charge < -0.3 is 29.5 Å². The van der Waals surface area contributed by atoms with Gasteiger partial charge in [-0.1, -0.05) is 19.7 Å². The molecule has 0 aromatic heterocycles. The number of carbonyl (C=O) groups is 4. The number of aliphatic hydroxyl groups excluding tert-OH is 2. The topological polar surface area (TPSA) is 157 Å². The third-order valence-electron chi connectivity index (χ3n) is 5.23. The van der Waals surface area contributed by atoms with Crippen molar-refractivity contribution in [2.24, 2.45) is 17.8 Å². The molecule has 5 unspecified atom stereocenters. The molecule has 36 heavy (non-hydrogen) atoms. The highest BCUT2D eigenvalue weighted by atomic mass is 16.6. The maximum absolute atomic E-state index is 12.3. The van der Waals surface area contributed by atoms with E-state index >= 15 is 0 Å². The summed E-state index contributed by atoms with van der Waals surface area (Å²) in [6.07, 6.45) is -0.0383. The van der Waals surface area contributed by atoms with Gasteiger partial charge in [-0.15, -0.1) is 0 Å². The van der Waals surface area contributed by atoms with Gasteiger partial charge in [-0.25, -0.2) is 14.4 Å². The maximum Gasteiger partial charge on any atom is 0.333 e. The Morgan fingerprint density at radius 2 is 1.42 bits per heavy atom. The number of esters is 3. The lowest BCUT2D eigenvalue weighted by Gasteiger charge is -2.33. The Morgan fingerprint density at radius 1 is 0.917 bits per heavy atom. The molecule has 204 valence electrons. The van der Waals surface area contributed by atoms with Gasteiger partial charge in [0.15, 0.2) is 0 Å². The Morgan fingerprint density at radius 3 is 1.78 bits per heavy atom. The first-order valence-corrected chi connectivity index (χ1v) is 11.5. The first-order chi connectivity index (χ1) is 16.4. The SMILES string of the molecule is C=C(C)C(=O)O.C=C(C)C(=O)OC1C(O)C2CC(C(=O)OC(C)(C)C)C1C2.C=C(C)C(=O)OCCO. The average Bonchev–Trinajstić information content (AvgIpc) is 3.31. The zero-order chi connectivity index (χ0) is 28.4. The molecule has 0 heterocycles. The van der Waals surface area contributed by atoms with Crippen molar-refractivity contribution in [3.05, 3.63) is 36.5 Å². The largest absolute Gasteiger partial charge is 0.478 e. The van der Waals surface area contributed by atoms with E-state index in [4.69, 9.17) is 19.7 Å². The molecular formula is C26H40O10. The van der Waals surface area contributed by atoms with Gasteiger partial charge in [0.1, 0.15) is 18.3 Å². The number of carbonyl (C=O) groups excluding carboxylic acids is 3. The Hall–Kier alpha value is -2.98. The summed E-state index contributed by atoms with van der Waals surface area (Å²) in [6, 6.07) is 0. The van der Waals surface area contributed by atoms with E-state index in [0.29, 0.717) is 24.0 Å². The van der Waals surface area contributed by atoms with Crippen LogP contribution in [0.25, 0.3) is 0 Å². The Balaban J connectivity index is 0.000000675. The molecule has 10 nitrogen and oxygen atoms in total. The van der Waals surface area contributed by atoms with Crippen molar-refractivity contribution in [3.63, 3.8) is 0 Å². The van der Waals surface area contributed by atoms with Crippen LogP contribution in [0.5, 0.6) is 0 Å². The number of aliphatic carboxylic acids is 1. The Bertz CT molecular complexity index is 839. The molecule has 5 atom stereocenters. The third kappa shape index (κ3) is 11.2. The van der Waals surface area contributed by atoms with Crippen molar-refractivity contribution in [1.29, 1.82) is 0 Å². The summed E-state index contributed by atoms with van der Waals surface area (Å²) in [6.45, 7) is 20.0. The molecule has 0 aromatic rings. The van der Waals surface area contributed by atoms with Crippen LogP contribution < -0.4 is 0 Å². The van der Waals surface area contributed by atoms with Crippen LogP contribution in [0.1, 0.15) is 54.4 Å². The van der Waals surface area contributed by atoms with E-state index in [0.717, 1.165) is 0 Å². The summed E-state index contributed by atoms with van der Waals surface area (Å²) < 4.78 is 15.2. The minimum Gasteiger partial charge on any atom is -0.478 e. The highest BCUT2D eigenvalue weighted by molar-refractivity contribution is 5.87. The highest BCUT2D eigenvalue weighted by Crippen LogP contribution is 2.50. The fourth-order valence-electron chi connectivity index (χ4n) is 3.57. The van der Waals surface area contributed by atoms with Gasteiger partial charge in [0.2, 0.25) is 0 Å². The van der Waals surface area contributed by atoms with Crippen LogP contribution in [0.4, 0.5) is 0 Å². The molecule has 2 rings (SSSR count). The van der Waals surface area contributed by atoms with Gasteiger partial charge in [-0.05, 0) is 60.3 Å². The summed E-state index contributed by atoms with van der Waals surface area (Å²) in [5.41, 5.74) is 0.277. The zero-order valence-electron chi connectivity index (χ0n) is 22.0. The Labute approximate surface area is 212 Å². The molecule has 0 aromatic carbocycles. The van der Waals surface area contributed by atoms with Crippen LogP contribution in [-0.2, 0) is 33.4 Å². The van der Waals surface area contributed by atoms with Crippen molar-refractivity contribution in [2.75, 3.05) is 13.2 Å². The summed E-state index contributed by atoms with van der Waals surface area (Å²) in [4.78, 5) is 44.0. The van der Waals surface area contributed by atoms with Crippen molar-refractivity contribution < 1.29 is 48.7 Å². The number of fused-ring (bicyclic) bond motifs is 2. The fourth-order valence-corrected chi connectivity index (χ4v) is 3.57. The lowest BCUT2D eigenvalue weighted by atomic mass is 9.85. The minimum atomic E-state index is -0.935. The fraction of sp³-hybridized carbons (Fsp3) is 0.615. The molecule has 2 saturated carbocycles. The van der Waals surface area contributed by atoms with Crippen LogP contribution in [-0.4, -0.2) is 70.2 Å². The van der Waals surface area contributed by atoms with Gasteiger partial charge in [-0.3, -0.25) is 4.79 Å². The second-order valence-electron chi connectivity index (χ2n) is 9.90. The quantitative estimate of drug-likeness (QED) is 0.263. The van der Waals surface area contributed by atoms with Crippen LogP contribution in [0.2, 0.25) is 0 Å². The van der Waals surface area contributed by atoms with E-state index in [9.17, 15) is 24.3 Å². The smallest absolute Gasteiger partial charge is 0.333 e. The Kier molecular flexibility index (Phi) is 13.3. The number of aliphatic hydroxyl groups is 2. The summed E-state index contributed by atoms with van der Waals surface area (Å²) in [5, 5.41) is 26.3. The molecule has 0 amide bonds. The normalized spacial score (nSPS) is 23.6. The van der Waals surface area contributed by atoms with E-state index in [1.165, 1.54) is 6.92 Å². The average molecular weight is 513 g/mol. The van der Waals surface area contributed by atoms with Gasteiger partial charge >= 0.3 is 23.9 Å². The van der Waals surface area contributed by atoms with Crippen LogP contribution in [0, 0.1) is 17.8 Å².